The fraction of sp³-hybridized carbons (Fsp3) is 0.211. The Balaban J connectivity index is 1.64. The van der Waals surface area contributed by atoms with Gasteiger partial charge in [-0.15, -0.1) is 8.78 Å². The number of alkyl halides is 2. The fourth-order valence-corrected chi connectivity index (χ4v) is 3.26. The Labute approximate surface area is 169 Å². The van der Waals surface area contributed by atoms with E-state index in [1.807, 2.05) is 19.9 Å². The van der Waals surface area contributed by atoms with Crippen LogP contribution in [0, 0.1) is 13.8 Å². The first-order valence-electron chi connectivity index (χ1n) is 8.51. The van der Waals surface area contributed by atoms with Crippen LogP contribution in [0.15, 0.2) is 30.5 Å². The summed E-state index contributed by atoms with van der Waals surface area (Å²) in [5, 5.41) is 7.11. The SMILES string of the molecule is Cc1cc(C)c(NC(=O)c2cc(-c3cc4c(cc3Cl)OC(F)(F)O4)n(C)n2)cn1. The van der Waals surface area contributed by atoms with E-state index in [2.05, 4.69) is 24.9 Å². The molecule has 1 aliphatic rings. The van der Waals surface area contributed by atoms with E-state index < -0.39 is 12.2 Å². The number of benzene rings is 1. The molecule has 150 valence electrons. The Morgan fingerprint density at radius 2 is 1.86 bits per heavy atom. The van der Waals surface area contributed by atoms with Gasteiger partial charge in [-0.2, -0.15) is 5.10 Å². The molecule has 3 heterocycles. The third-order valence-corrected chi connectivity index (χ3v) is 4.69. The van der Waals surface area contributed by atoms with E-state index in [0.717, 1.165) is 11.3 Å². The summed E-state index contributed by atoms with van der Waals surface area (Å²) in [4.78, 5) is 16.8. The standard InChI is InChI=1S/C19H15ClF2N4O3/c1-9-4-10(2)23-8-14(9)24-18(27)13-7-15(26(3)25-13)11-5-16-17(6-12(11)20)29-19(21,22)28-16/h4-8H,1-3H3,(H,24,27). The Hall–Kier alpha value is -3.20. The molecule has 0 fully saturated rings. The van der Waals surface area contributed by atoms with Crippen molar-refractivity contribution < 1.29 is 23.0 Å². The highest BCUT2D eigenvalue weighted by Gasteiger charge is 2.44. The first-order valence-corrected chi connectivity index (χ1v) is 8.89. The minimum absolute atomic E-state index is 0.126. The number of ether oxygens (including phenoxy) is 2. The van der Waals surface area contributed by atoms with Gasteiger partial charge in [-0.05, 0) is 37.6 Å². The van der Waals surface area contributed by atoms with Gasteiger partial charge < -0.3 is 14.8 Å². The molecule has 0 bridgehead atoms. The Kier molecular flexibility index (Phi) is 4.42. The number of hydrogen-bond acceptors (Lipinski definition) is 5. The molecule has 29 heavy (non-hydrogen) atoms. The number of aryl methyl sites for hydroxylation is 3. The van der Waals surface area contributed by atoms with E-state index in [1.165, 1.54) is 22.9 Å². The van der Waals surface area contributed by atoms with Gasteiger partial charge in [0.25, 0.3) is 5.91 Å². The molecule has 0 spiro atoms. The van der Waals surface area contributed by atoms with Crippen LogP contribution in [0.4, 0.5) is 14.5 Å². The summed E-state index contributed by atoms with van der Waals surface area (Å²) in [6, 6.07) is 5.92. The second-order valence-corrected chi connectivity index (χ2v) is 6.99. The van der Waals surface area contributed by atoms with Crippen molar-refractivity contribution in [2.45, 2.75) is 20.1 Å². The largest absolute Gasteiger partial charge is 0.586 e. The molecule has 1 N–H and O–H groups in total. The monoisotopic (exact) mass is 420 g/mol. The van der Waals surface area contributed by atoms with Crippen LogP contribution in [-0.2, 0) is 7.05 Å². The maximum absolute atomic E-state index is 13.3. The van der Waals surface area contributed by atoms with Gasteiger partial charge in [0.05, 0.1) is 22.6 Å². The van der Waals surface area contributed by atoms with Crippen LogP contribution >= 0.6 is 11.6 Å². The molecule has 1 amide bonds. The van der Waals surface area contributed by atoms with Crippen LogP contribution in [0.5, 0.6) is 11.5 Å². The maximum Gasteiger partial charge on any atom is 0.586 e. The zero-order valence-corrected chi connectivity index (χ0v) is 16.3. The van der Waals surface area contributed by atoms with Crippen molar-refractivity contribution in [2.24, 2.45) is 7.05 Å². The number of amides is 1. The number of hydrogen-bond donors (Lipinski definition) is 1. The van der Waals surface area contributed by atoms with E-state index in [0.29, 0.717) is 16.9 Å². The van der Waals surface area contributed by atoms with Crippen LogP contribution in [0.3, 0.4) is 0 Å². The molecule has 0 aliphatic carbocycles. The number of halogens is 3. The van der Waals surface area contributed by atoms with Gasteiger partial charge in [-0.25, -0.2) is 0 Å². The average molecular weight is 421 g/mol. The van der Waals surface area contributed by atoms with Crippen LogP contribution < -0.4 is 14.8 Å². The molecule has 0 radical (unpaired) electrons. The number of carbonyl (C=O) groups is 1. The number of rotatable bonds is 3. The summed E-state index contributed by atoms with van der Waals surface area (Å²) in [5.41, 5.74) is 3.21. The van der Waals surface area contributed by atoms with Crippen LogP contribution in [-0.4, -0.2) is 27.0 Å². The molecule has 3 aromatic rings. The number of fused-ring (bicyclic) bond motifs is 1. The summed E-state index contributed by atoms with van der Waals surface area (Å²) in [6.45, 7) is 3.71. The molecule has 0 saturated carbocycles. The predicted molar refractivity (Wildman–Crippen MR) is 102 cm³/mol. The Bertz CT molecular complexity index is 1150. The number of aromatic nitrogens is 3. The predicted octanol–water partition coefficient (Wildman–Crippen LogP) is 4.33. The molecule has 2 aromatic heterocycles. The van der Waals surface area contributed by atoms with E-state index in [9.17, 15) is 13.6 Å². The van der Waals surface area contributed by atoms with Crippen molar-refractivity contribution in [1.82, 2.24) is 14.8 Å². The number of nitrogens with zero attached hydrogens (tertiary/aromatic N) is 3. The van der Waals surface area contributed by atoms with Crippen LogP contribution in [0.1, 0.15) is 21.7 Å². The summed E-state index contributed by atoms with van der Waals surface area (Å²) >= 11 is 6.23. The van der Waals surface area contributed by atoms with Crippen molar-refractivity contribution in [3.05, 3.63) is 52.4 Å². The quantitative estimate of drug-likeness (QED) is 0.682. The number of nitrogens with one attached hydrogen (secondary N) is 1. The van der Waals surface area contributed by atoms with Crippen molar-refractivity contribution in [2.75, 3.05) is 5.32 Å². The van der Waals surface area contributed by atoms with Gasteiger partial charge >= 0.3 is 6.29 Å². The lowest BCUT2D eigenvalue weighted by molar-refractivity contribution is -0.286. The summed E-state index contributed by atoms with van der Waals surface area (Å²) in [7, 11) is 1.61. The van der Waals surface area contributed by atoms with Crippen molar-refractivity contribution >= 4 is 23.2 Å². The van der Waals surface area contributed by atoms with Gasteiger partial charge in [0.15, 0.2) is 17.2 Å². The lowest BCUT2D eigenvalue weighted by Crippen LogP contribution is -2.25. The second-order valence-electron chi connectivity index (χ2n) is 6.58. The zero-order chi connectivity index (χ0) is 20.9. The number of pyridine rings is 1. The lowest BCUT2D eigenvalue weighted by Gasteiger charge is -2.06. The molecule has 7 nitrogen and oxygen atoms in total. The molecule has 0 saturated heterocycles. The summed E-state index contributed by atoms with van der Waals surface area (Å²) in [6.07, 6.45) is -2.18. The highest BCUT2D eigenvalue weighted by molar-refractivity contribution is 6.33. The van der Waals surface area contributed by atoms with Gasteiger partial charge in [-0.1, -0.05) is 11.6 Å². The molecular weight excluding hydrogens is 406 g/mol. The first kappa shape index (κ1) is 19.1. The minimum Gasteiger partial charge on any atom is -0.395 e. The number of carbonyl (C=O) groups excluding carboxylic acids is 1. The first-order chi connectivity index (χ1) is 13.6. The summed E-state index contributed by atoms with van der Waals surface area (Å²) in [5.74, 6) is -0.752. The van der Waals surface area contributed by atoms with E-state index >= 15 is 0 Å². The zero-order valence-electron chi connectivity index (χ0n) is 15.6. The number of anilines is 1. The van der Waals surface area contributed by atoms with Crippen molar-refractivity contribution in [3.63, 3.8) is 0 Å². The van der Waals surface area contributed by atoms with Gasteiger partial charge in [0, 0.05) is 24.4 Å². The van der Waals surface area contributed by atoms with E-state index in [4.69, 9.17) is 11.6 Å². The second kappa shape index (κ2) is 6.70. The van der Waals surface area contributed by atoms with Crippen LogP contribution in [0.2, 0.25) is 5.02 Å². The van der Waals surface area contributed by atoms with E-state index in [1.54, 1.807) is 13.2 Å². The highest BCUT2D eigenvalue weighted by Crippen LogP contribution is 2.46. The normalized spacial score (nSPS) is 14.1. The lowest BCUT2D eigenvalue weighted by atomic mass is 10.1. The molecule has 1 aromatic carbocycles. The van der Waals surface area contributed by atoms with Crippen molar-refractivity contribution in [3.8, 4) is 22.8 Å². The molecule has 1 aliphatic heterocycles. The highest BCUT2D eigenvalue weighted by atomic mass is 35.5. The van der Waals surface area contributed by atoms with Gasteiger partial charge in [0.2, 0.25) is 0 Å². The molecule has 0 unspecified atom stereocenters. The third kappa shape index (κ3) is 3.61. The molecule has 10 heteroatoms. The topological polar surface area (TPSA) is 78.3 Å². The van der Waals surface area contributed by atoms with Gasteiger partial charge in [-0.3, -0.25) is 14.5 Å². The summed E-state index contributed by atoms with van der Waals surface area (Å²) < 4.78 is 36.9. The minimum atomic E-state index is -3.75. The van der Waals surface area contributed by atoms with Crippen molar-refractivity contribution in [1.29, 1.82) is 0 Å². The molecule has 0 atom stereocenters. The molecular formula is C19H15ClF2N4O3. The Morgan fingerprint density at radius 3 is 2.55 bits per heavy atom. The third-order valence-electron chi connectivity index (χ3n) is 4.38. The van der Waals surface area contributed by atoms with Gasteiger partial charge in [0.1, 0.15) is 0 Å². The average Bonchev–Trinajstić information content (AvgIpc) is 3.14. The Morgan fingerprint density at radius 1 is 1.17 bits per heavy atom. The fourth-order valence-electron chi connectivity index (χ4n) is 3.01. The van der Waals surface area contributed by atoms with E-state index in [-0.39, 0.29) is 22.2 Å². The smallest absolute Gasteiger partial charge is 0.395 e. The van der Waals surface area contributed by atoms with Crippen LogP contribution in [0.25, 0.3) is 11.3 Å². The maximum atomic E-state index is 13.3. The molecule has 4 rings (SSSR count).